The standard InChI is InChI=1S/C27H25F2N3O4/c1-3-17(2)32-12-11-31-15-21(26(34)30-14-19-9-10-20(28)13-22(19)29)24(33)25(23(31)27(32)35)36-16-18-7-5-4-6-8-18/h4-13,15,17H,3,14,16H2,1-2H3,(H,30,34)/t17-/m1/s1. The van der Waals surface area contributed by atoms with Crippen molar-refractivity contribution >= 4 is 11.4 Å². The quantitative estimate of drug-likeness (QED) is 0.399. The molecule has 2 heterocycles. The van der Waals surface area contributed by atoms with Crippen LogP contribution in [0.1, 0.15) is 47.8 Å². The maximum Gasteiger partial charge on any atom is 0.279 e. The number of hydrogen-bond acceptors (Lipinski definition) is 4. The molecule has 0 aliphatic heterocycles. The molecule has 0 saturated carbocycles. The lowest BCUT2D eigenvalue weighted by molar-refractivity contribution is 0.0948. The molecule has 4 aromatic rings. The number of ether oxygens (including phenoxy) is 1. The van der Waals surface area contributed by atoms with Gasteiger partial charge in [-0.15, -0.1) is 0 Å². The zero-order valence-corrected chi connectivity index (χ0v) is 19.8. The van der Waals surface area contributed by atoms with Crippen molar-refractivity contribution in [3.8, 4) is 5.75 Å². The Morgan fingerprint density at radius 1 is 1.08 bits per heavy atom. The van der Waals surface area contributed by atoms with Gasteiger partial charge in [0.1, 0.15) is 23.8 Å². The Morgan fingerprint density at radius 2 is 1.83 bits per heavy atom. The first-order valence-corrected chi connectivity index (χ1v) is 11.5. The summed E-state index contributed by atoms with van der Waals surface area (Å²) in [5.74, 6) is -2.59. The number of hydrogen-bond donors (Lipinski definition) is 1. The molecule has 9 heteroatoms. The fraction of sp³-hybridized carbons (Fsp3) is 0.222. The number of pyridine rings is 1. The molecule has 1 N–H and O–H groups in total. The Labute approximate surface area is 205 Å². The molecule has 0 radical (unpaired) electrons. The lowest BCUT2D eigenvalue weighted by Crippen LogP contribution is -2.32. The van der Waals surface area contributed by atoms with Gasteiger partial charge < -0.3 is 19.0 Å². The average molecular weight is 494 g/mol. The lowest BCUT2D eigenvalue weighted by atomic mass is 10.1. The van der Waals surface area contributed by atoms with E-state index in [0.29, 0.717) is 12.5 Å². The second-order valence-corrected chi connectivity index (χ2v) is 8.42. The molecule has 0 fully saturated rings. The predicted octanol–water partition coefficient (Wildman–Crippen LogP) is 4.22. The fourth-order valence-corrected chi connectivity index (χ4v) is 3.77. The third kappa shape index (κ3) is 5.05. The van der Waals surface area contributed by atoms with Crippen molar-refractivity contribution in [3.63, 3.8) is 0 Å². The third-order valence-electron chi connectivity index (χ3n) is 6.01. The molecule has 0 saturated heterocycles. The molecule has 0 spiro atoms. The minimum Gasteiger partial charge on any atom is -0.483 e. The van der Waals surface area contributed by atoms with Gasteiger partial charge in [0.05, 0.1) is 0 Å². The molecule has 2 aromatic heterocycles. The van der Waals surface area contributed by atoms with Crippen LogP contribution in [0.4, 0.5) is 8.78 Å². The molecule has 0 aliphatic carbocycles. The summed E-state index contributed by atoms with van der Waals surface area (Å²) in [6.07, 6.45) is 5.12. The van der Waals surface area contributed by atoms with Crippen LogP contribution in [0.5, 0.6) is 5.75 Å². The SMILES string of the molecule is CC[C@@H](C)n1ccn2cc(C(=O)NCc3ccc(F)cc3F)c(=O)c(OCc3ccccc3)c2c1=O. The van der Waals surface area contributed by atoms with E-state index in [9.17, 15) is 23.2 Å². The molecule has 1 atom stereocenters. The van der Waals surface area contributed by atoms with Crippen LogP contribution in [-0.4, -0.2) is 14.9 Å². The van der Waals surface area contributed by atoms with Gasteiger partial charge in [-0.2, -0.15) is 0 Å². The number of fused-ring (bicyclic) bond motifs is 1. The minimum absolute atomic E-state index is 0.00920. The van der Waals surface area contributed by atoms with Gasteiger partial charge >= 0.3 is 0 Å². The number of amides is 1. The molecule has 0 bridgehead atoms. The van der Waals surface area contributed by atoms with Crippen molar-refractivity contribution in [2.75, 3.05) is 0 Å². The summed E-state index contributed by atoms with van der Waals surface area (Å²) >= 11 is 0. The highest BCUT2D eigenvalue weighted by atomic mass is 19.1. The van der Waals surface area contributed by atoms with Crippen LogP contribution in [0.15, 0.2) is 76.7 Å². The zero-order valence-electron chi connectivity index (χ0n) is 19.8. The number of carbonyl (C=O) groups is 1. The Morgan fingerprint density at radius 3 is 2.53 bits per heavy atom. The molecule has 186 valence electrons. The molecule has 4 rings (SSSR count). The van der Waals surface area contributed by atoms with Crippen LogP contribution < -0.4 is 21.0 Å². The van der Waals surface area contributed by atoms with Crippen molar-refractivity contribution in [3.05, 3.63) is 116 Å². The first-order chi connectivity index (χ1) is 17.3. The normalized spacial score (nSPS) is 11.9. The highest BCUT2D eigenvalue weighted by Gasteiger charge is 2.22. The maximum absolute atomic E-state index is 14.0. The van der Waals surface area contributed by atoms with Gasteiger partial charge in [0.15, 0.2) is 11.3 Å². The van der Waals surface area contributed by atoms with Crippen LogP contribution in [0, 0.1) is 11.6 Å². The molecule has 2 aromatic carbocycles. The highest BCUT2D eigenvalue weighted by molar-refractivity contribution is 5.95. The third-order valence-corrected chi connectivity index (χ3v) is 6.01. The Hall–Kier alpha value is -4.27. The summed E-state index contributed by atoms with van der Waals surface area (Å²) < 4.78 is 35.9. The van der Waals surface area contributed by atoms with E-state index in [2.05, 4.69) is 5.32 Å². The zero-order chi connectivity index (χ0) is 25.8. The monoisotopic (exact) mass is 493 g/mol. The average Bonchev–Trinajstić information content (AvgIpc) is 2.87. The van der Waals surface area contributed by atoms with Crippen LogP contribution in [0.25, 0.3) is 5.52 Å². The van der Waals surface area contributed by atoms with Crippen LogP contribution in [0.2, 0.25) is 0 Å². The van der Waals surface area contributed by atoms with Crippen molar-refractivity contribution in [2.24, 2.45) is 0 Å². The fourth-order valence-electron chi connectivity index (χ4n) is 3.77. The number of carbonyl (C=O) groups excluding carboxylic acids is 1. The Balaban J connectivity index is 1.76. The van der Waals surface area contributed by atoms with E-state index < -0.39 is 28.5 Å². The van der Waals surface area contributed by atoms with E-state index in [-0.39, 0.29) is 41.6 Å². The Kier molecular flexibility index (Phi) is 7.28. The van der Waals surface area contributed by atoms with Gasteiger partial charge in [0.2, 0.25) is 5.43 Å². The van der Waals surface area contributed by atoms with Crippen LogP contribution >= 0.6 is 0 Å². The van der Waals surface area contributed by atoms with Gasteiger partial charge in [0, 0.05) is 42.8 Å². The molecule has 0 aliphatic rings. The molecule has 7 nitrogen and oxygen atoms in total. The summed E-state index contributed by atoms with van der Waals surface area (Å²) in [5.41, 5.74) is -0.620. The summed E-state index contributed by atoms with van der Waals surface area (Å²) in [6, 6.07) is 12.0. The van der Waals surface area contributed by atoms with E-state index in [0.717, 1.165) is 11.6 Å². The number of halogens is 2. The number of nitrogens with one attached hydrogen (secondary N) is 1. The second-order valence-electron chi connectivity index (χ2n) is 8.42. The second kappa shape index (κ2) is 10.6. The molecule has 1 amide bonds. The summed E-state index contributed by atoms with van der Waals surface area (Å²) in [4.78, 5) is 39.7. The first-order valence-electron chi connectivity index (χ1n) is 11.5. The molecular weight excluding hydrogens is 468 g/mol. The summed E-state index contributed by atoms with van der Waals surface area (Å²) in [7, 11) is 0. The van der Waals surface area contributed by atoms with Gasteiger partial charge in [0.25, 0.3) is 11.5 Å². The van der Waals surface area contributed by atoms with Crippen molar-refractivity contribution in [2.45, 2.75) is 39.5 Å². The maximum atomic E-state index is 14.0. The number of nitrogens with zero attached hydrogens (tertiary/aromatic N) is 2. The van der Waals surface area contributed by atoms with E-state index in [1.54, 1.807) is 12.4 Å². The van der Waals surface area contributed by atoms with Crippen LogP contribution in [-0.2, 0) is 13.2 Å². The number of rotatable bonds is 8. The van der Waals surface area contributed by atoms with Gasteiger partial charge in [-0.05, 0) is 25.0 Å². The largest absolute Gasteiger partial charge is 0.483 e. The smallest absolute Gasteiger partial charge is 0.279 e. The topological polar surface area (TPSA) is 81.8 Å². The Bertz CT molecular complexity index is 1530. The lowest BCUT2D eigenvalue weighted by Gasteiger charge is -2.17. The summed E-state index contributed by atoms with van der Waals surface area (Å²) in [5, 5.41) is 2.48. The predicted molar refractivity (Wildman–Crippen MR) is 131 cm³/mol. The minimum atomic E-state index is -0.817. The number of aromatic nitrogens is 2. The molecule has 0 unspecified atom stereocenters. The van der Waals surface area contributed by atoms with Crippen molar-refractivity contribution in [1.29, 1.82) is 0 Å². The van der Waals surface area contributed by atoms with E-state index >= 15 is 0 Å². The summed E-state index contributed by atoms with van der Waals surface area (Å²) in [6.45, 7) is 3.58. The molecule has 36 heavy (non-hydrogen) atoms. The van der Waals surface area contributed by atoms with Gasteiger partial charge in [-0.25, -0.2) is 8.78 Å². The van der Waals surface area contributed by atoms with Gasteiger partial charge in [-0.3, -0.25) is 14.4 Å². The van der Waals surface area contributed by atoms with Gasteiger partial charge in [-0.1, -0.05) is 43.3 Å². The van der Waals surface area contributed by atoms with Crippen molar-refractivity contribution < 1.29 is 18.3 Å². The van der Waals surface area contributed by atoms with Crippen LogP contribution in [0.3, 0.4) is 0 Å². The van der Waals surface area contributed by atoms with E-state index in [1.165, 1.54) is 21.2 Å². The van der Waals surface area contributed by atoms with E-state index in [1.807, 2.05) is 44.2 Å². The highest BCUT2D eigenvalue weighted by Crippen LogP contribution is 2.17. The van der Waals surface area contributed by atoms with Crippen molar-refractivity contribution in [1.82, 2.24) is 14.3 Å². The number of benzene rings is 2. The first kappa shape index (κ1) is 24.8. The molecular formula is C27H25F2N3O4. The van der Waals surface area contributed by atoms with E-state index in [4.69, 9.17) is 4.74 Å².